The third-order valence-electron chi connectivity index (χ3n) is 2.90. The van der Waals surface area contributed by atoms with Crippen LogP contribution in [0.25, 0.3) is 10.1 Å². The van der Waals surface area contributed by atoms with Gasteiger partial charge >= 0.3 is 0 Å². The van der Waals surface area contributed by atoms with Gasteiger partial charge in [-0.3, -0.25) is 0 Å². The summed E-state index contributed by atoms with van der Waals surface area (Å²) >= 11 is 9.69. The summed E-state index contributed by atoms with van der Waals surface area (Å²) in [5, 5.41) is 4.32. The van der Waals surface area contributed by atoms with Crippen molar-refractivity contribution in [3.63, 3.8) is 0 Å². The zero-order valence-electron chi connectivity index (χ0n) is 10.1. The second kappa shape index (κ2) is 5.45. The summed E-state index contributed by atoms with van der Waals surface area (Å²) in [6.45, 7) is 0. The minimum absolute atomic E-state index is 0.752. The Balaban J connectivity index is 1.84. The van der Waals surface area contributed by atoms with Gasteiger partial charge in [-0.05, 0) is 40.6 Å². The Hall–Kier alpha value is -1.16. The van der Waals surface area contributed by atoms with Gasteiger partial charge in [0.25, 0.3) is 0 Å². The molecule has 19 heavy (non-hydrogen) atoms. The Bertz CT molecular complexity index is 721. The minimum atomic E-state index is 0.752. The van der Waals surface area contributed by atoms with E-state index in [1.54, 1.807) is 23.1 Å². The van der Waals surface area contributed by atoms with Gasteiger partial charge in [-0.25, -0.2) is 0 Å². The van der Waals surface area contributed by atoms with Crippen molar-refractivity contribution in [1.82, 2.24) is 0 Å². The van der Waals surface area contributed by atoms with Gasteiger partial charge in [-0.2, -0.15) is 0 Å². The van der Waals surface area contributed by atoms with Crippen LogP contribution in [0.5, 0.6) is 0 Å². The predicted octanol–water partition coefficient (Wildman–Crippen LogP) is 5.43. The monoisotopic (exact) mass is 305 g/mol. The fourth-order valence-corrected chi connectivity index (χ4v) is 4.26. The lowest BCUT2D eigenvalue weighted by Crippen LogP contribution is -1.85. The third kappa shape index (κ3) is 2.73. The van der Waals surface area contributed by atoms with Crippen molar-refractivity contribution in [2.24, 2.45) is 0 Å². The van der Waals surface area contributed by atoms with Crippen molar-refractivity contribution in [2.75, 3.05) is 5.73 Å². The highest BCUT2D eigenvalue weighted by Gasteiger charge is 2.06. The number of fused-ring (bicyclic) bond motifs is 1. The predicted molar refractivity (Wildman–Crippen MR) is 87.3 cm³/mol. The minimum Gasteiger partial charge on any atom is -0.399 e. The molecule has 4 heteroatoms. The van der Waals surface area contributed by atoms with Crippen LogP contribution in [-0.2, 0) is 5.75 Å². The molecule has 1 nitrogen and oxygen atoms in total. The van der Waals surface area contributed by atoms with Gasteiger partial charge in [0.1, 0.15) is 0 Å². The van der Waals surface area contributed by atoms with E-state index in [0.717, 1.165) is 21.4 Å². The second-order valence-corrected chi connectivity index (χ2v) is 6.57. The molecule has 0 amide bonds. The van der Waals surface area contributed by atoms with Crippen LogP contribution in [-0.4, -0.2) is 0 Å². The first-order valence-corrected chi connectivity index (χ1v) is 8.11. The number of thiophene rings is 1. The molecule has 0 aliphatic rings. The number of hydrogen-bond donors (Lipinski definition) is 1. The number of benzene rings is 2. The lowest BCUT2D eigenvalue weighted by molar-refractivity contribution is 1.42. The molecule has 1 aromatic heterocycles. The van der Waals surface area contributed by atoms with Gasteiger partial charge in [-0.1, -0.05) is 29.8 Å². The zero-order chi connectivity index (χ0) is 13.2. The quantitative estimate of drug-likeness (QED) is 0.516. The smallest absolute Gasteiger partial charge is 0.0543 e. The number of nitrogens with two attached hydrogens (primary N) is 1. The Morgan fingerprint density at radius 3 is 2.89 bits per heavy atom. The molecular formula is C15H12ClNS2. The molecule has 3 aromatic rings. The maximum atomic E-state index is 6.18. The molecule has 2 aromatic carbocycles. The molecule has 0 radical (unpaired) electrons. The zero-order valence-corrected chi connectivity index (χ0v) is 12.5. The standard InChI is InChI=1S/C15H12ClNS2/c16-13-6-5-11(17)7-15(13)19-9-10-8-18-14-4-2-1-3-12(10)14/h1-8H,9,17H2. The second-order valence-electron chi connectivity index (χ2n) is 4.24. The average Bonchev–Trinajstić information content (AvgIpc) is 2.83. The van der Waals surface area contributed by atoms with Crippen molar-refractivity contribution >= 4 is 50.5 Å². The van der Waals surface area contributed by atoms with E-state index in [1.807, 2.05) is 18.2 Å². The summed E-state index contributed by atoms with van der Waals surface area (Å²) in [6, 6.07) is 14.1. The van der Waals surface area contributed by atoms with Gasteiger partial charge in [0.05, 0.1) is 5.02 Å². The molecule has 96 valence electrons. The fourth-order valence-electron chi connectivity index (χ4n) is 1.93. The van der Waals surface area contributed by atoms with E-state index in [1.165, 1.54) is 15.6 Å². The van der Waals surface area contributed by atoms with E-state index in [0.29, 0.717) is 0 Å². The molecule has 0 atom stereocenters. The summed E-state index contributed by atoms with van der Waals surface area (Å²) < 4.78 is 1.33. The average molecular weight is 306 g/mol. The highest BCUT2D eigenvalue weighted by atomic mass is 35.5. The maximum absolute atomic E-state index is 6.18. The summed E-state index contributed by atoms with van der Waals surface area (Å²) in [7, 11) is 0. The summed E-state index contributed by atoms with van der Waals surface area (Å²) in [4.78, 5) is 1.04. The normalized spacial score (nSPS) is 11.0. The molecule has 0 saturated heterocycles. The van der Waals surface area contributed by atoms with E-state index in [9.17, 15) is 0 Å². The highest BCUT2D eigenvalue weighted by Crippen LogP contribution is 2.34. The molecule has 2 N–H and O–H groups in total. The largest absolute Gasteiger partial charge is 0.399 e. The van der Waals surface area contributed by atoms with Crippen molar-refractivity contribution in [3.05, 3.63) is 58.4 Å². The molecule has 0 spiro atoms. The van der Waals surface area contributed by atoms with Gasteiger partial charge in [0.15, 0.2) is 0 Å². The molecule has 3 rings (SSSR count). The Morgan fingerprint density at radius 1 is 1.16 bits per heavy atom. The lowest BCUT2D eigenvalue weighted by Gasteiger charge is -2.05. The SMILES string of the molecule is Nc1ccc(Cl)c(SCc2csc3ccccc23)c1. The number of hydrogen-bond acceptors (Lipinski definition) is 3. The summed E-state index contributed by atoms with van der Waals surface area (Å²) in [5.74, 6) is 0.910. The van der Waals surface area contributed by atoms with Crippen LogP contribution >= 0.6 is 34.7 Å². The molecule has 0 saturated carbocycles. The summed E-state index contributed by atoms with van der Waals surface area (Å²) in [5.41, 5.74) is 7.90. The van der Waals surface area contributed by atoms with Crippen molar-refractivity contribution < 1.29 is 0 Å². The Kier molecular flexibility index (Phi) is 3.69. The van der Waals surface area contributed by atoms with Gasteiger partial charge in [0.2, 0.25) is 0 Å². The number of thioether (sulfide) groups is 1. The highest BCUT2D eigenvalue weighted by molar-refractivity contribution is 7.98. The first-order chi connectivity index (χ1) is 9.24. The van der Waals surface area contributed by atoms with E-state index in [-0.39, 0.29) is 0 Å². The fraction of sp³-hybridized carbons (Fsp3) is 0.0667. The lowest BCUT2D eigenvalue weighted by atomic mass is 10.2. The van der Waals surface area contributed by atoms with Gasteiger partial charge in [-0.15, -0.1) is 23.1 Å². The molecular weight excluding hydrogens is 294 g/mol. The van der Waals surface area contributed by atoms with Crippen molar-refractivity contribution in [1.29, 1.82) is 0 Å². The number of rotatable bonds is 3. The Morgan fingerprint density at radius 2 is 2.00 bits per heavy atom. The third-order valence-corrected chi connectivity index (χ3v) is 5.46. The Labute approximate surface area is 125 Å². The topological polar surface area (TPSA) is 26.0 Å². The molecule has 0 unspecified atom stereocenters. The number of anilines is 1. The van der Waals surface area contributed by atoms with Crippen molar-refractivity contribution in [3.8, 4) is 0 Å². The first kappa shape index (κ1) is 12.9. The molecule has 0 fully saturated rings. The van der Waals surface area contributed by atoms with E-state index in [2.05, 4.69) is 29.6 Å². The number of halogens is 1. The first-order valence-electron chi connectivity index (χ1n) is 5.87. The van der Waals surface area contributed by atoms with Crippen LogP contribution in [0.3, 0.4) is 0 Å². The molecule has 0 aliphatic heterocycles. The maximum Gasteiger partial charge on any atom is 0.0543 e. The van der Waals surface area contributed by atoms with E-state index >= 15 is 0 Å². The number of nitrogen functional groups attached to an aromatic ring is 1. The van der Waals surface area contributed by atoms with Gasteiger partial charge < -0.3 is 5.73 Å². The van der Waals surface area contributed by atoms with Crippen LogP contribution < -0.4 is 5.73 Å². The van der Waals surface area contributed by atoms with Crippen LogP contribution in [0.2, 0.25) is 5.02 Å². The molecule has 0 aliphatic carbocycles. The summed E-state index contributed by atoms with van der Waals surface area (Å²) in [6.07, 6.45) is 0. The molecule has 0 bridgehead atoms. The van der Waals surface area contributed by atoms with Crippen LogP contribution in [0.15, 0.2) is 52.7 Å². The van der Waals surface area contributed by atoms with Gasteiger partial charge in [0, 0.05) is 21.0 Å². The van der Waals surface area contributed by atoms with Crippen LogP contribution in [0.4, 0.5) is 5.69 Å². The van der Waals surface area contributed by atoms with Crippen LogP contribution in [0.1, 0.15) is 5.56 Å². The van der Waals surface area contributed by atoms with E-state index in [4.69, 9.17) is 17.3 Å². The van der Waals surface area contributed by atoms with E-state index < -0.39 is 0 Å². The molecule has 1 heterocycles. The van der Waals surface area contributed by atoms with Crippen molar-refractivity contribution in [2.45, 2.75) is 10.6 Å². The van der Waals surface area contributed by atoms with Crippen LogP contribution in [0, 0.1) is 0 Å².